The second-order valence-electron chi connectivity index (χ2n) is 38.5. The first-order valence-corrected chi connectivity index (χ1v) is 55.1. The quantitative estimate of drug-likeness (QED) is 0.0216. The summed E-state index contributed by atoms with van der Waals surface area (Å²) in [6.07, 6.45) is -23.6. The minimum Gasteiger partial charge on any atom is -0.481 e. The minimum atomic E-state index is -4.38. The van der Waals surface area contributed by atoms with Gasteiger partial charge in [-0.15, -0.1) is 20.4 Å². The molecule has 12 rings (SSSR count). The Morgan fingerprint density at radius 3 is 0.783 bits per heavy atom. The third kappa shape index (κ3) is 34.8. The van der Waals surface area contributed by atoms with Crippen molar-refractivity contribution < 1.29 is 127 Å². The van der Waals surface area contributed by atoms with E-state index in [1.54, 1.807) is 86.6 Å². The molecule has 0 amide bonds. The third-order valence-corrected chi connectivity index (χ3v) is 38.3. The molecule has 0 radical (unpaired) electrons. The Morgan fingerprint density at radius 2 is 0.531 bits per heavy atom. The Kier molecular flexibility index (Phi) is 40.1. The Labute approximate surface area is 827 Å². The van der Waals surface area contributed by atoms with Crippen LogP contribution in [0.5, 0.6) is 0 Å². The van der Waals surface area contributed by atoms with Crippen molar-refractivity contribution in [3.8, 4) is 55.6 Å². The van der Waals surface area contributed by atoms with E-state index in [1.165, 1.54) is 60.7 Å². The number of alkyl halides is 15. The van der Waals surface area contributed by atoms with Crippen LogP contribution in [-0.4, -0.2) is 91.8 Å². The molecular formula is C108H123F15N4O13Si3. The number of nitrogens with zero attached hydrogens (tertiary/aromatic N) is 4. The van der Waals surface area contributed by atoms with Crippen LogP contribution in [0.15, 0.2) is 251 Å². The van der Waals surface area contributed by atoms with E-state index in [1.807, 2.05) is 62.4 Å². The third-order valence-electron chi connectivity index (χ3n) is 24.8. The van der Waals surface area contributed by atoms with Gasteiger partial charge in [-0.1, -0.05) is 228 Å². The van der Waals surface area contributed by atoms with Crippen LogP contribution in [0, 0.1) is 0 Å². The molecule has 0 saturated carbocycles. The van der Waals surface area contributed by atoms with Gasteiger partial charge >= 0.3 is 48.8 Å². The summed E-state index contributed by atoms with van der Waals surface area (Å²) >= 11 is 0. The zero-order chi connectivity index (χ0) is 106. The normalized spacial score (nSPS) is 13.5. The number of ether oxygens (including phenoxy) is 2. The summed E-state index contributed by atoms with van der Waals surface area (Å²) in [4.78, 5) is 35.1. The van der Waals surface area contributed by atoms with Gasteiger partial charge in [0.25, 0.3) is 0 Å². The van der Waals surface area contributed by atoms with Gasteiger partial charge in [-0.25, -0.2) is 0 Å². The highest BCUT2D eigenvalue weighted by Gasteiger charge is 2.44. The van der Waals surface area contributed by atoms with Crippen molar-refractivity contribution in [1.29, 1.82) is 0 Å². The lowest BCUT2D eigenvalue weighted by Crippen LogP contribution is -2.42. The molecule has 0 aliphatic heterocycles. The number of aryl methyl sites for hydroxylation is 2. The molecule has 2 heterocycles. The van der Waals surface area contributed by atoms with E-state index in [9.17, 15) is 95.6 Å². The van der Waals surface area contributed by atoms with Crippen LogP contribution in [0.25, 0.3) is 55.6 Å². The lowest BCUT2D eigenvalue weighted by Gasteiger charge is -2.39. The molecule has 0 saturated heterocycles. The van der Waals surface area contributed by atoms with Gasteiger partial charge in [-0.3, -0.25) is 14.4 Å². The molecule has 17 nitrogen and oxygen atoms in total. The number of carboxylic acids is 1. The number of carboxylic acid groups (broad SMARTS) is 1. The highest BCUT2D eigenvalue weighted by atomic mass is 28.4. The average Bonchev–Trinajstić information content (AvgIpc) is 1.77. The molecule has 0 spiro atoms. The first-order valence-electron chi connectivity index (χ1n) is 46.4. The summed E-state index contributed by atoms with van der Waals surface area (Å²) in [5.74, 6) is 0.120. The first-order chi connectivity index (χ1) is 66.4. The predicted octanol–water partition coefficient (Wildman–Crippen LogP) is 30.9. The van der Waals surface area contributed by atoms with E-state index < -0.39 is 120 Å². The lowest BCUT2D eigenvalue weighted by molar-refractivity contribution is -0.146. The average molecular weight is 2050 g/mol. The number of halogens is 15. The molecule has 143 heavy (non-hydrogen) atoms. The maximum atomic E-state index is 12.9. The monoisotopic (exact) mass is 2050 g/mol. The van der Waals surface area contributed by atoms with E-state index in [4.69, 9.17) is 31.6 Å². The van der Waals surface area contributed by atoms with Crippen molar-refractivity contribution in [3.63, 3.8) is 0 Å². The molecule has 770 valence electrons. The number of rotatable bonds is 30. The van der Waals surface area contributed by atoms with Crippen LogP contribution in [-0.2, 0) is 93.7 Å². The second kappa shape index (κ2) is 49.3. The lowest BCUT2D eigenvalue weighted by atomic mass is 9.98. The number of carbonyl (C=O) groups is 3. The molecule has 0 aliphatic carbocycles. The number of aromatic nitrogens is 4. The fraction of sp³-hybridized carbons (Fsp3) is 0.380. The molecule has 5 unspecified atom stereocenters. The first kappa shape index (κ1) is 117. The molecule has 3 N–H and O–H groups in total. The van der Waals surface area contributed by atoms with Crippen molar-refractivity contribution in [2.45, 2.75) is 251 Å². The maximum Gasteiger partial charge on any atom is 0.416 e. The smallest absolute Gasteiger partial charge is 0.416 e. The Bertz CT molecular complexity index is 6090. The number of aliphatic hydroxyl groups is 2. The van der Waals surface area contributed by atoms with E-state index in [-0.39, 0.29) is 66.1 Å². The molecule has 12 aromatic rings. The van der Waals surface area contributed by atoms with Gasteiger partial charge in [0.15, 0.2) is 25.0 Å². The molecule has 35 heteroatoms. The van der Waals surface area contributed by atoms with Crippen molar-refractivity contribution in [1.82, 2.24) is 20.4 Å². The van der Waals surface area contributed by atoms with E-state index in [2.05, 4.69) is 122 Å². The molecule has 0 fully saturated rings. The summed E-state index contributed by atoms with van der Waals surface area (Å²) < 4.78 is 232. The SMILES string of the molecule is CC(C)(C)[Si](C)(C)OC(CC(=O)O)c1cccc(-c2ccc(C(F)(F)F)cc2)c1.CCOC(=O)CC(O)c1cccc(-c2ccc(C(F)(F)F)cc2)c1.CCOC(=O)CC(O[Si](C)(C)C(C)(C)C)c1cccc(-c2ccc(C(F)(F)F)cc2)c1.CCc1nnc(CC(O)c2cccc(-c3ccc(C(F)(F)F)cc3)c2)o1.CCc1nnc(CC(O[Si](C)(C)C(C)(C)C)c2cccc(-c3ccc(C(F)(F)F)cc3)c2)o1. The number of hydrogen-bond donors (Lipinski definition) is 3. The van der Waals surface area contributed by atoms with Gasteiger partial charge in [0.05, 0.1) is 104 Å². The van der Waals surface area contributed by atoms with Crippen molar-refractivity contribution in [2.24, 2.45) is 0 Å². The van der Waals surface area contributed by atoms with Gasteiger partial charge < -0.3 is 46.9 Å². The molecular weight excluding hydrogens is 1930 g/mol. The predicted molar refractivity (Wildman–Crippen MR) is 527 cm³/mol. The number of benzene rings is 10. The zero-order valence-electron chi connectivity index (χ0n) is 83.2. The zero-order valence-corrected chi connectivity index (χ0v) is 86.2. The fourth-order valence-corrected chi connectivity index (χ4v) is 17.5. The highest BCUT2D eigenvalue weighted by Crippen LogP contribution is 2.47. The van der Waals surface area contributed by atoms with Crippen LogP contribution in [0.3, 0.4) is 0 Å². The van der Waals surface area contributed by atoms with Crippen LogP contribution >= 0.6 is 0 Å². The highest BCUT2D eigenvalue weighted by molar-refractivity contribution is 6.75. The van der Waals surface area contributed by atoms with Crippen molar-refractivity contribution in [2.75, 3.05) is 13.2 Å². The molecule has 0 aliphatic rings. The number of carbonyl (C=O) groups excluding carboxylic acids is 2. The maximum absolute atomic E-state index is 12.9. The fourth-order valence-electron chi connectivity index (χ4n) is 13.6. The largest absolute Gasteiger partial charge is 0.481 e. The number of aliphatic hydroxyl groups excluding tert-OH is 2. The minimum absolute atomic E-state index is 0.000290. The topological polar surface area (TPSA) is 236 Å². The van der Waals surface area contributed by atoms with Crippen molar-refractivity contribution in [3.05, 3.63) is 322 Å². The second-order valence-corrected chi connectivity index (χ2v) is 52.8. The standard InChI is InChI=1S/C25H31F3N2O2Si.C24H31F3O3Si.C22H27F3O3Si.C19H17F3N2O2.C18H17F3O3/c1-7-22-29-30-23(31-22)16-21(32-33(5,6)24(2,3)4)19-10-8-9-18(15-19)17-11-13-20(14-12-17)25(26,27)28;1-7-29-22(28)16-21(30-31(5,6)23(2,3)4)19-10-8-9-18(15-19)17-11-13-20(14-12-17)24(25,26)27;1-21(2,3)29(4,5)28-19(14-20(26)27)17-8-6-7-16(13-17)15-9-11-18(12-10-15)22(23,24)25;1-2-17-23-24-18(26-17)11-16(25)14-5-3-4-13(10-14)12-6-8-15(9-7-12)19(20,21)22;1-2-24-17(23)11-16(22)14-5-3-4-13(10-14)12-6-8-15(9-7-12)18(19,20)21/h8-15,21H,7,16H2,1-6H3;8-15,21H,7,16H2,1-6H3;6-13,19H,14H2,1-5H3,(H,26,27);3-10,16,25H,2,11H2,1H3;3-10,16,22H,2,11H2,1H3. The summed E-state index contributed by atoms with van der Waals surface area (Å²) in [5.41, 5.74) is 6.99. The Balaban J connectivity index is 0.000000219. The summed E-state index contributed by atoms with van der Waals surface area (Å²) in [5, 5.41) is 45.7. The van der Waals surface area contributed by atoms with Gasteiger partial charge in [-0.05, 0) is 243 Å². The Hall–Kier alpha value is -11.7. The molecule has 0 bridgehead atoms. The van der Waals surface area contributed by atoms with E-state index in [0.717, 1.165) is 88.5 Å². The Morgan fingerprint density at radius 1 is 0.301 bits per heavy atom. The molecule has 2 aromatic heterocycles. The van der Waals surface area contributed by atoms with Gasteiger partial charge in [0, 0.05) is 12.8 Å². The van der Waals surface area contributed by atoms with Crippen LogP contribution in [0.2, 0.25) is 54.4 Å². The summed E-state index contributed by atoms with van der Waals surface area (Å²) in [6.45, 7) is 39.7. The van der Waals surface area contributed by atoms with Crippen molar-refractivity contribution >= 4 is 42.9 Å². The van der Waals surface area contributed by atoms with Crippen LogP contribution < -0.4 is 0 Å². The number of hydrogen-bond acceptors (Lipinski definition) is 16. The van der Waals surface area contributed by atoms with Crippen LogP contribution in [0.4, 0.5) is 65.9 Å². The number of aliphatic carboxylic acids is 1. The summed E-state index contributed by atoms with van der Waals surface area (Å²) in [7, 11) is -6.58. The van der Waals surface area contributed by atoms with Gasteiger partial charge in [0.2, 0.25) is 23.6 Å². The van der Waals surface area contributed by atoms with Crippen LogP contribution in [0.1, 0.15) is 219 Å². The van der Waals surface area contributed by atoms with E-state index >= 15 is 0 Å². The van der Waals surface area contributed by atoms with Gasteiger partial charge in [-0.2, -0.15) is 65.9 Å². The van der Waals surface area contributed by atoms with Gasteiger partial charge in [0.1, 0.15) is 0 Å². The molecule has 5 atom stereocenters. The van der Waals surface area contributed by atoms with E-state index in [0.29, 0.717) is 98.5 Å². The molecule has 10 aromatic carbocycles. The summed E-state index contributed by atoms with van der Waals surface area (Å²) in [6, 6.07) is 60.9. The number of esters is 2.